The zero-order valence-electron chi connectivity index (χ0n) is 5.53. The molecule has 1 rings (SSSR count). The van der Waals surface area contributed by atoms with Crippen LogP contribution in [0.15, 0.2) is 18.2 Å². The molecule has 58 valence electrons. The number of benzene rings is 1. The molecule has 0 saturated carbocycles. The summed E-state index contributed by atoms with van der Waals surface area (Å²) in [5.74, 6) is -0.215. The first-order chi connectivity index (χ1) is 5.11. The summed E-state index contributed by atoms with van der Waals surface area (Å²) >= 11 is 5.50. The Morgan fingerprint density at radius 1 is 1.27 bits per heavy atom. The fourth-order valence-electron chi connectivity index (χ4n) is 0.735. The Balaban J connectivity index is 3.09. The smallest absolute Gasteiger partial charge is 0.492 e. The lowest BCUT2D eigenvalue weighted by molar-refractivity contribution is 0.419. The van der Waals surface area contributed by atoms with E-state index in [4.69, 9.17) is 26.8 Å². The van der Waals surface area contributed by atoms with Crippen LogP contribution in [0.5, 0.6) is 5.75 Å². The van der Waals surface area contributed by atoms with Crippen molar-refractivity contribution in [2.45, 2.75) is 0 Å². The van der Waals surface area contributed by atoms with Crippen molar-refractivity contribution in [2.75, 3.05) is 0 Å². The molecule has 0 spiro atoms. The fourth-order valence-corrected chi connectivity index (χ4v) is 0.902. The van der Waals surface area contributed by atoms with Crippen molar-refractivity contribution < 1.29 is 15.2 Å². The molecular formula is C6H6BClO3. The topological polar surface area (TPSA) is 60.7 Å². The van der Waals surface area contributed by atoms with Crippen LogP contribution in [0, 0.1) is 0 Å². The Bertz CT molecular complexity index is 264. The number of halogens is 1. The molecule has 0 unspecified atom stereocenters. The van der Waals surface area contributed by atoms with Crippen molar-refractivity contribution in [3.63, 3.8) is 0 Å². The predicted molar refractivity (Wildman–Crippen MR) is 42.9 cm³/mol. The summed E-state index contributed by atoms with van der Waals surface area (Å²) in [6, 6.07) is 4.06. The first-order valence-electron chi connectivity index (χ1n) is 2.96. The molecule has 0 atom stereocenters. The largest absolute Gasteiger partial charge is 0.508 e. The van der Waals surface area contributed by atoms with Gasteiger partial charge in [-0.1, -0.05) is 17.7 Å². The molecule has 0 aromatic heterocycles. The summed E-state index contributed by atoms with van der Waals surface area (Å²) in [5.41, 5.74) is 0.0504. The third-order valence-corrected chi connectivity index (χ3v) is 1.51. The Hall–Kier alpha value is -0.705. The van der Waals surface area contributed by atoms with E-state index in [-0.39, 0.29) is 11.2 Å². The Morgan fingerprint density at radius 2 is 1.91 bits per heavy atom. The maximum Gasteiger partial charge on any atom is 0.492 e. The molecule has 1 aromatic carbocycles. The van der Waals surface area contributed by atoms with Crippen molar-refractivity contribution >= 4 is 24.2 Å². The number of rotatable bonds is 1. The molecule has 0 saturated heterocycles. The van der Waals surface area contributed by atoms with Gasteiger partial charge in [-0.2, -0.15) is 0 Å². The third-order valence-electron chi connectivity index (χ3n) is 1.27. The number of hydrogen-bond acceptors (Lipinski definition) is 3. The quantitative estimate of drug-likeness (QED) is 0.511. The van der Waals surface area contributed by atoms with Crippen LogP contribution in [-0.2, 0) is 0 Å². The fraction of sp³-hybridized carbons (Fsp3) is 0. The number of phenolic OH excluding ortho intramolecular Hbond substituents is 1. The lowest BCUT2D eigenvalue weighted by Gasteiger charge is -2.01. The maximum atomic E-state index is 9.06. The van der Waals surface area contributed by atoms with Crippen LogP contribution in [0.3, 0.4) is 0 Å². The Kier molecular flexibility index (Phi) is 2.39. The zero-order chi connectivity index (χ0) is 8.43. The first-order valence-corrected chi connectivity index (χ1v) is 3.33. The SMILES string of the molecule is OB(O)c1ccc(Cl)cc1O. The minimum absolute atomic E-state index is 0.0504. The summed E-state index contributed by atoms with van der Waals surface area (Å²) < 4.78 is 0. The van der Waals surface area contributed by atoms with Crippen LogP contribution in [0.2, 0.25) is 5.02 Å². The van der Waals surface area contributed by atoms with Crippen LogP contribution < -0.4 is 5.46 Å². The van der Waals surface area contributed by atoms with Gasteiger partial charge in [0.1, 0.15) is 5.75 Å². The summed E-state index contributed by atoms with van der Waals surface area (Å²) in [6.45, 7) is 0. The lowest BCUT2D eigenvalue weighted by Crippen LogP contribution is -2.29. The maximum absolute atomic E-state index is 9.06. The second kappa shape index (κ2) is 3.13. The average molecular weight is 172 g/mol. The van der Waals surface area contributed by atoms with Crippen LogP contribution in [0.4, 0.5) is 0 Å². The van der Waals surface area contributed by atoms with E-state index in [1.165, 1.54) is 18.2 Å². The van der Waals surface area contributed by atoms with Crippen molar-refractivity contribution in [1.82, 2.24) is 0 Å². The van der Waals surface area contributed by atoms with E-state index < -0.39 is 7.12 Å². The molecule has 0 amide bonds. The highest BCUT2D eigenvalue weighted by Crippen LogP contribution is 2.13. The van der Waals surface area contributed by atoms with Crippen molar-refractivity contribution in [3.05, 3.63) is 23.2 Å². The predicted octanol–water partition coefficient (Wildman–Crippen LogP) is -0.275. The first kappa shape index (κ1) is 8.39. The Labute approximate surface area is 69.0 Å². The molecule has 0 aliphatic carbocycles. The molecule has 0 fully saturated rings. The molecule has 3 N–H and O–H groups in total. The van der Waals surface area contributed by atoms with Crippen LogP contribution in [0.1, 0.15) is 0 Å². The van der Waals surface area contributed by atoms with Crippen molar-refractivity contribution in [3.8, 4) is 5.75 Å². The molecule has 3 nitrogen and oxygen atoms in total. The third kappa shape index (κ3) is 1.86. The molecule has 0 bridgehead atoms. The molecule has 1 aromatic rings. The Morgan fingerprint density at radius 3 is 2.36 bits per heavy atom. The van der Waals surface area contributed by atoms with E-state index in [9.17, 15) is 0 Å². The monoisotopic (exact) mass is 172 g/mol. The van der Waals surface area contributed by atoms with Gasteiger partial charge < -0.3 is 15.2 Å². The summed E-state index contributed by atoms with van der Waals surface area (Å²) in [4.78, 5) is 0. The van der Waals surface area contributed by atoms with Crippen molar-refractivity contribution in [1.29, 1.82) is 0 Å². The van der Waals surface area contributed by atoms with Gasteiger partial charge in [0.05, 0.1) is 0 Å². The highest BCUT2D eigenvalue weighted by Gasteiger charge is 2.15. The second-order valence-electron chi connectivity index (χ2n) is 2.08. The summed E-state index contributed by atoms with van der Waals surface area (Å²) in [6.07, 6.45) is 0. The van der Waals surface area contributed by atoms with E-state index in [0.717, 1.165) is 0 Å². The van der Waals surface area contributed by atoms with Crippen LogP contribution in [-0.4, -0.2) is 22.3 Å². The highest BCUT2D eigenvalue weighted by molar-refractivity contribution is 6.59. The van der Waals surface area contributed by atoms with Gasteiger partial charge in [-0.15, -0.1) is 0 Å². The van der Waals surface area contributed by atoms with Gasteiger partial charge in [0.25, 0.3) is 0 Å². The molecular weight excluding hydrogens is 166 g/mol. The molecule has 0 aliphatic rings. The van der Waals surface area contributed by atoms with E-state index in [0.29, 0.717) is 5.02 Å². The van der Waals surface area contributed by atoms with E-state index in [2.05, 4.69) is 0 Å². The van der Waals surface area contributed by atoms with Crippen LogP contribution >= 0.6 is 11.6 Å². The average Bonchev–Trinajstić information content (AvgIpc) is 1.85. The molecule has 0 radical (unpaired) electrons. The molecule has 0 aliphatic heterocycles. The van der Waals surface area contributed by atoms with Gasteiger partial charge in [0.2, 0.25) is 0 Å². The second-order valence-corrected chi connectivity index (χ2v) is 2.51. The number of phenols is 1. The van der Waals surface area contributed by atoms with Gasteiger partial charge >= 0.3 is 7.12 Å². The normalized spacial score (nSPS) is 9.73. The minimum atomic E-state index is -1.66. The summed E-state index contributed by atoms with van der Waals surface area (Å²) in [5, 5.41) is 26.7. The molecule has 11 heavy (non-hydrogen) atoms. The lowest BCUT2D eigenvalue weighted by atomic mass is 9.80. The summed E-state index contributed by atoms with van der Waals surface area (Å²) in [7, 11) is -1.66. The van der Waals surface area contributed by atoms with Crippen molar-refractivity contribution in [2.24, 2.45) is 0 Å². The van der Waals surface area contributed by atoms with Gasteiger partial charge in [0, 0.05) is 10.5 Å². The van der Waals surface area contributed by atoms with Crippen LogP contribution in [0.25, 0.3) is 0 Å². The minimum Gasteiger partial charge on any atom is -0.508 e. The van der Waals surface area contributed by atoms with E-state index >= 15 is 0 Å². The highest BCUT2D eigenvalue weighted by atomic mass is 35.5. The molecule has 5 heteroatoms. The van der Waals surface area contributed by atoms with E-state index in [1.807, 2.05) is 0 Å². The number of hydrogen-bond donors (Lipinski definition) is 3. The van der Waals surface area contributed by atoms with Gasteiger partial charge in [0.15, 0.2) is 0 Å². The number of aromatic hydroxyl groups is 1. The molecule has 0 heterocycles. The van der Waals surface area contributed by atoms with Gasteiger partial charge in [-0.3, -0.25) is 0 Å². The standard InChI is InChI=1S/C6H6BClO3/c8-4-1-2-5(7(10)11)6(9)3-4/h1-3,9-11H. The van der Waals surface area contributed by atoms with Gasteiger partial charge in [-0.25, -0.2) is 0 Å². The van der Waals surface area contributed by atoms with E-state index in [1.54, 1.807) is 0 Å². The zero-order valence-corrected chi connectivity index (χ0v) is 6.28. The van der Waals surface area contributed by atoms with Gasteiger partial charge in [-0.05, 0) is 12.1 Å².